The summed E-state index contributed by atoms with van der Waals surface area (Å²) in [5.74, 6) is 0.277. The van der Waals surface area contributed by atoms with Crippen LogP contribution in [0.4, 0.5) is 5.82 Å². The Morgan fingerprint density at radius 1 is 0.906 bits per heavy atom. The number of benzene rings is 3. The normalized spacial score (nSPS) is 12.0. The molecule has 3 aromatic carbocycles. The van der Waals surface area contributed by atoms with Crippen molar-refractivity contribution in [2.75, 3.05) is 5.32 Å². The molecule has 0 saturated carbocycles. The number of aliphatic hydroxyl groups excluding tert-OH is 1. The molecule has 1 amide bonds. The number of hydrogen-bond donors (Lipinski definition) is 3. The molecule has 4 aromatic rings. The van der Waals surface area contributed by atoms with Crippen LogP contribution in [0.1, 0.15) is 27.2 Å². The van der Waals surface area contributed by atoms with E-state index in [0.717, 1.165) is 40.1 Å². The highest BCUT2D eigenvalue weighted by molar-refractivity contribution is 6.05. The zero-order valence-corrected chi connectivity index (χ0v) is 17.2. The van der Waals surface area contributed by atoms with E-state index >= 15 is 0 Å². The molecule has 0 bridgehead atoms. The number of fused-ring (bicyclic) bond motifs is 3. The van der Waals surface area contributed by atoms with E-state index in [0.29, 0.717) is 23.5 Å². The summed E-state index contributed by atoms with van der Waals surface area (Å²) in [4.78, 5) is 22.6. The van der Waals surface area contributed by atoms with E-state index < -0.39 is 0 Å². The lowest BCUT2D eigenvalue weighted by Gasteiger charge is -2.21. The first kappa shape index (κ1) is 19.9. The molecule has 1 aromatic heterocycles. The molecule has 0 saturated heterocycles. The fourth-order valence-electron chi connectivity index (χ4n) is 3.97. The summed E-state index contributed by atoms with van der Waals surface area (Å²) in [5.41, 5.74) is 6.37. The number of anilines is 1. The third-order valence-electron chi connectivity index (χ3n) is 5.62. The number of carbonyl (C=O) groups is 1. The molecular formula is C26H21N3O3. The monoisotopic (exact) mass is 423 g/mol. The molecule has 0 unspecified atom stereocenters. The average Bonchev–Trinajstić information content (AvgIpc) is 2.84. The largest absolute Gasteiger partial charge is 0.508 e. The van der Waals surface area contributed by atoms with Gasteiger partial charge in [0.15, 0.2) is 5.82 Å². The first-order chi connectivity index (χ1) is 15.6. The van der Waals surface area contributed by atoms with Crippen molar-refractivity contribution in [2.24, 2.45) is 0 Å². The van der Waals surface area contributed by atoms with Gasteiger partial charge in [0.1, 0.15) is 11.4 Å². The summed E-state index contributed by atoms with van der Waals surface area (Å²) >= 11 is 0. The van der Waals surface area contributed by atoms with Crippen LogP contribution in [0.15, 0.2) is 72.8 Å². The quantitative estimate of drug-likeness (QED) is 0.453. The lowest BCUT2D eigenvalue weighted by Crippen LogP contribution is -2.17. The standard InChI is InChI=1S/C26H21N3O3/c30-15-16-6-12-21-19(14-16)9-13-22-24(21)28-23(17-7-10-20(31)11-8-17)25(27-22)29-26(32)18-4-2-1-3-5-18/h1-8,10-12,14,30-31H,9,13,15H2,(H,27,29,32). The van der Waals surface area contributed by atoms with Crippen LogP contribution in [0.5, 0.6) is 5.75 Å². The molecule has 0 fully saturated rings. The molecule has 6 nitrogen and oxygen atoms in total. The maximum atomic E-state index is 12.8. The van der Waals surface area contributed by atoms with Gasteiger partial charge in [0.05, 0.1) is 18.0 Å². The van der Waals surface area contributed by atoms with Gasteiger partial charge in [0.25, 0.3) is 5.91 Å². The van der Waals surface area contributed by atoms with Crippen molar-refractivity contribution < 1.29 is 15.0 Å². The fourth-order valence-corrected chi connectivity index (χ4v) is 3.97. The smallest absolute Gasteiger partial charge is 0.256 e. The molecule has 1 heterocycles. The van der Waals surface area contributed by atoms with Crippen molar-refractivity contribution in [3.63, 3.8) is 0 Å². The molecule has 158 valence electrons. The number of rotatable bonds is 4. The summed E-state index contributed by atoms with van der Waals surface area (Å²) < 4.78 is 0. The second kappa shape index (κ2) is 8.24. The number of aliphatic hydroxyl groups is 1. The van der Waals surface area contributed by atoms with E-state index in [1.54, 1.807) is 36.4 Å². The van der Waals surface area contributed by atoms with Gasteiger partial charge < -0.3 is 15.5 Å². The summed E-state index contributed by atoms with van der Waals surface area (Å²) in [7, 11) is 0. The zero-order chi connectivity index (χ0) is 22.1. The minimum absolute atomic E-state index is 0.00493. The van der Waals surface area contributed by atoms with Gasteiger partial charge in [-0.2, -0.15) is 0 Å². The maximum Gasteiger partial charge on any atom is 0.256 e. The van der Waals surface area contributed by atoms with Crippen LogP contribution in [0.2, 0.25) is 0 Å². The summed E-state index contributed by atoms with van der Waals surface area (Å²) in [6, 6.07) is 21.5. The first-order valence-corrected chi connectivity index (χ1v) is 10.4. The van der Waals surface area contributed by atoms with Gasteiger partial charge in [-0.3, -0.25) is 4.79 Å². The third-order valence-corrected chi connectivity index (χ3v) is 5.62. The topological polar surface area (TPSA) is 95.3 Å². The molecule has 1 aliphatic rings. The van der Waals surface area contributed by atoms with Gasteiger partial charge >= 0.3 is 0 Å². The number of phenolic OH excluding ortho intramolecular Hbond substituents is 1. The van der Waals surface area contributed by atoms with Gasteiger partial charge in [-0.15, -0.1) is 0 Å². The third kappa shape index (κ3) is 3.72. The molecule has 0 radical (unpaired) electrons. The number of carbonyl (C=O) groups excluding carboxylic acids is 1. The maximum absolute atomic E-state index is 12.8. The van der Waals surface area contributed by atoms with Crippen LogP contribution in [0.25, 0.3) is 22.5 Å². The molecule has 6 heteroatoms. The predicted molar refractivity (Wildman–Crippen MR) is 122 cm³/mol. The average molecular weight is 423 g/mol. The Morgan fingerprint density at radius 2 is 1.69 bits per heavy atom. The zero-order valence-electron chi connectivity index (χ0n) is 17.2. The highest BCUT2D eigenvalue weighted by atomic mass is 16.3. The Bertz CT molecular complexity index is 1300. The Kier molecular flexibility index (Phi) is 5.13. The van der Waals surface area contributed by atoms with Crippen molar-refractivity contribution >= 4 is 11.7 Å². The summed E-state index contributed by atoms with van der Waals surface area (Å²) in [6.07, 6.45) is 1.48. The van der Waals surface area contributed by atoms with Crippen molar-refractivity contribution in [1.29, 1.82) is 0 Å². The number of nitrogens with one attached hydrogen (secondary N) is 1. The Morgan fingerprint density at radius 3 is 2.44 bits per heavy atom. The summed E-state index contributed by atoms with van der Waals surface area (Å²) in [6.45, 7) is -0.00493. The van der Waals surface area contributed by atoms with E-state index in [9.17, 15) is 15.0 Å². The predicted octanol–water partition coefficient (Wildman–Crippen LogP) is 4.36. The lowest BCUT2D eigenvalue weighted by atomic mass is 9.90. The highest BCUT2D eigenvalue weighted by Crippen LogP contribution is 2.36. The molecule has 32 heavy (non-hydrogen) atoms. The molecule has 0 aliphatic heterocycles. The minimum atomic E-state index is -0.260. The minimum Gasteiger partial charge on any atom is -0.508 e. The lowest BCUT2D eigenvalue weighted by molar-refractivity contribution is 0.102. The highest BCUT2D eigenvalue weighted by Gasteiger charge is 2.23. The van der Waals surface area contributed by atoms with E-state index in [1.165, 1.54) is 0 Å². The van der Waals surface area contributed by atoms with E-state index in [2.05, 4.69) is 5.32 Å². The van der Waals surface area contributed by atoms with Crippen LogP contribution >= 0.6 is 0 Å². The van der Waals surface area contributed by atoms with Gasteiger partial charge in [0, 0.05) is 16.7 Å². The molecular weight excluding hydrogens is 402 g/mol. The number of aromatic hydroxyl groups is 1. The van der Waals surface area contributed by atoms with Gasteiger partial charge in [-0.25, -0.2) is 9.97 Å². The summed E-state index contributed by atoms with van der Waals surface area (Å²) in [5, 5.41) is 22.1. The Hall–Kier alpha value is -4.03. The number of phenols is 1. The SMILES string of the molecule is O=C(Nc1nc2c(nc1-c1ccc(O)cc1)-c1ccc(CO)cc1CC2)c1ccccc1. The number of nitrogens with zero attached hydrogens (tertiary/aromatic N) is 2. The first-order valence-electron chi connectivity index (χ1n) is 10.4. The van der Waals surface area contributed by atoms with Crippen molar-refractivity contribution in [3.05, 3.63) is 95.2 Å². The number of aromatic nitrogens is 2. The van der Waals surface area contributed by atoms with Crippen molar-refractivity contribution in [3.8, 4) is 28.3 Å². The second-order valence-corrected chi connectivity index (χ2v) is 7.73. The van der Waals surface area contributed by atoms with Crippen LogP contribution in [0, 0.1) is 0 Å². The fraction of sp³-hybridized carbons (Fsp3) is 0.115. The van der Waals surface area contributed by atoms with Crippen LogP contribution in [0.3, 0.4) is 0 Å². The van der Waals surface area contributed by atoms with Crippen molar-refractivity contribution in [1.82, 2.24) is 9.97 Å². The Labute approximate surface area is 185 Å². The van der Waals surface area contributed by atoms with Crippen LogP contribution < -0.4 is 5.32 Å². The second-order valence-electron chi connectivity index (χ2n) is 7.73. The van der Waals surface area contributed by atoms with Crippen molar-refractivity contribution in [2.45, 2.75) is 19.4 Å². The molecule has 0 spiro atoms. The van der Waals surface area contributed by atoms with Gasteiger partial charge in [0.2, 0.25) is 0 Å². The van der Waals surface area contributed by atoms with E-state index in [-0.39, 0.29) is 18.3 Å². The van der Waals surface area contributed by atoms with Gasteiger partial charge in [-0.05, 0) is 60.4 Å². The van der Waals surface area contributed by atoms with Gasteiger partial charge in [-0.1, -0.05) is 36.4 Å². The molecule has 5 rings (SSSR count). The van der Waals surface area contributed by atoms with Crippen LogP contribution in [-0.2, 0) is 19.4 Å². The van der Waals surface area contributed by atoms with E-state index in [4.69, 9.17) is 9.97 Å². The van der Waals surface area contributed by atoms with E-state index in [1.807, 2.05) is 36.4 Å². The molecule has 3 N–H and O–H groups in total. The number of aryl methyl sites for hydroxylation is 2. The Balaban J connectivity index is 1.63. The number of hydrogen-bond acceptors (Lipinski definition) is 5. The van der Waals surface area contributed by atoms with Crippen LogP contribution in [-0.4, -0.2) is 26.1 Å². The molecule has 1 aliphatic carbocycles. The molecule has 0 atom stereocenters. The number of amides is 1.